The highest BCUT2D eigenvalue weighted by Gasteiger charge is 2.04. The summed E-state index contributed by atoms with van der Waals surface area (Å²) >= 11 is 0. The first-order valence-electron chi connectivity index (χ1n) is 4.79. The molecule has 0 aliphatic heterocycles. The highest BCUT2D eigenvalue weighted by atomic mass is 16.5. The van der Waals surface area contributed by atoms with Crippen molar-refractivity contribution in [2.24, 2.45) is 5.73 Å². The fraction of sp³-hybridized carbons (Fsp3) is 0.444. The van der Waals surface area contributed by atoms with Gasteiger partial charge < -0.3 is 10.3 Å². The summed E-state index contributed by atoms with van der Waals surface area (Å²) in [6.07, 6.45) is 2.61. The van der Waals surface area contributed by atoms with Gasteiger partial charge in [-0.1, -0.05) is 10.4 Å². The van der Waals surface area contributed by atoms with Gasteiger partial charge in [0.1, 0.15) is 6.54 Å². The molecule has 0 atom stereocenters. The van der Waals surface area contributed by atoms with Crippen molar-refractivity contribution in [1.82, 2.24) is 20.2 Å². The Bertz CT molecular complexity index is 433. The smallest absolute Gasteiger partial charge is 0.158 e. The Kier molecular flexibility index (Phi) is 2.77. The molecule has 0 saturated heterocycles. The van der Waals surface area contributed by atoms with Gasteiger partial charge in [-0.15, -0.1) is 5.10 Å². The predicted octanol–water partition coefficient (Wildman–Crippen LogP) is 0.124. The zero-order valence-electron chi connectivity index (χ0n) is 8.55. The maximum atomic E-state index is 5.42. The third-order valence-electron chi connectivity index (χ3n) is 1.98. The predicted molar refractivity (Wildman–Crippen MR) is 53.1 cm³/mol. The summed E-state index contributed by atoms with van der Waals surface area (Å²) in [5.41, 5.74) is 7.18. The van der Waals surface area contributed by atoms with Gasteiger partial charge in [-0.25, -0.2) is 4.68 Å². The number of nitrogens with zero attached hydrogens (tertiary/aromatic N) is 4. The summed E-state index contributed by atoms with van der Waals surface area (Å²) in [5, 5.41) is 11.7. The van der Waals surface area contributed by atoms with E-state index in [2.05, 4.69) is 15.5 Å². The lowest BCUT2D eigenvalue weighted by atomic mass is 10.3. The zero-order valence-corrected chi connectivity index (χ0v) is 8.55. The lowest BCUT2D eigenvalue weighted by Crippen LogP contribution is -2.02. The minimum atomic E-state index is 0.554. The van der Waals surface area contributed by atoms with Crippen LogP contribution in [0.1, 0.15) is 17.1 Å². The molecule has 0 radical (unpaired) electrons. The first kappa shape index (κ1) is 9.85. The molecule has 2 aromatic heterocycles. The van der Waals surface area contributed by atoms with Gasteiger partial charge in [0, 0.05) is 18.7 Å². The summed E-state index contributed by atoms with van der Waals surface area (Å²) in [4.78, 5) is 0. The second kappa shape index (κ2) is 4.22. The molecule has 0 unspecified atom stereocenters. The van der Waals surface area contributed by atoms with Gasteiger partial charge in [0.25, 0.3) is 0 Å². The largest absolute Gasteiger partial charge is 0.359 e. The van der Waals surface area contributed by atoms with Crippen LogP contribution in [0.25, 0.3) is 0 Å². The van der Waals surface area contributed by atoms with Crippen LogP contribution >= 0.6 is 0 Å². The number of rotatable bonds is 4. The molecule has 0 aliphatic rings. The molecule has 0 bridgehead atoms. The molecule has 15 heavy (non-hydrogen) atoms. The average molecular weight is 207 g/mol. The number of aryl methyl sites for hydroxylation is 1. The second-order valence-corrected chi connectivity index (χ2v) is 3.38. The van der Waals surface area contributed by atoms with Crippen molar-refractivity contribution in [3.8, 4) is 0 Å². The van der Waals surface area contributed by atoms with Gasteiger partial charge in [0.15, 0.2) is 5.76 Å². The third kappa shape index (κ3) is 2.41. The van der Waals surface area contributed by atoms with Crippen LogP contribution in [0.5, 0.6) is 0 Å². The van der Waals surface area contributed by atoms with Gasteiger partial charge in [0.2, 0.25) is 0 Å². The van der Waals surface area contributed by atoms with E-state index < -0.39 is 0 Å². The van der Waals surface area contributed by atoms with Crippen molar-refractivity contribution in [2.75, 3.05) is 6.54 Å². The molecular weight excluding hydrogens is 194 g/mol. The van der Waals surface area contributed by atoms with E-state index >= 15 is 0 Å². The number of hydrogen-bond acceptors (Lipinski definition) is 5. The van der Waals surface area contributed by atoms with Gasteiger partial charge in [-0.2, -0.15) is 0 Å². The fourth-order valence-corrected chi connectivity index (χ4v) is 1.33. The molecule has 6 nitrogen and oxygen atoms in total. The van der Waals surface area contributed by atoms with Gasteiger partial charge >= 0.3 is 0 Å². The molecule has 2 heterocycles. The molecule has 0 saturated carbocycles. The number of nitrogens with two attached hydrogens (primary N) is 1. The fourth-order valence-electron chi connectivity index (χ4n) is 1.33. The molecule has 2 N–H and O–H groups in total. The van der Waals surface area contributed by atoms with E-state index in [1.165, 1.54) is 0 Å². The third-order valence-corrected chi connectivity index (χ3v) is 1.98. The Morgan fingerprint density at radius 1 is 1.53 bits per heavy atom. The first-order valence-corrected chi connectivity index (χ1v) is 4.79. The quantitative estimate of drug-likeness (QED) is 0.770. The summed E-state index contributed by atoms with van der Waals surface area (Å²) < 4.78 is 6.79. The van der Waals surface area contributed by atoms with Crippen molar-refractivity contribution < 1.29 is 4.52 Å². The minimum absolute atomic E-state index is 0.554. The maximum Gasteiger partial charge on any atom is 0.158 e. The number of aromatic nitrogens is 4. The van der Waals surface area contributed by atoms with Gasteiger partial charge in [-0.3, -0.25) is 0 Å². The van der Waals surface area contributed by atoms with Crippen LogP contribution in [0, 0.1) is 6.92 Å². The van der Waals surface area contributed by atoms with Gasteiger partial charge in [0.05, 0.1) is 11.4 Å². The van der Waals surface area contributed by atoms with Crippen LogP contribution in [0.2, 0.25) is 0 Å². The monoisotopic (exact) mass is 207 g/mol. The molecule has 6 heteroatoms. The SMILES string of the molecule is Cc1cc(Cn2cc(CCN)nn2)on1. The van der Waals surface area contributed by atoms with Crippen LogP contribution in [-0.2, 0) is 13.0 Å². The highest BCUT2D eigenvalue weighted by Crippen LogP contribution is 2.04. The Hall–Kier alpha value is -1.69. The molecule has 0 spiro atoms. The number of hydrogen-bond donors (Lipinski definition) is 1. The molecule has 0 fully saturated rings. The zero-order chi connectivity index (χ0) is 10.7. The molecule has 0 amide bonds. The minimum Gasteiger partial charge on any atom is -0.359 e. The first-order chi connectivity index (χ1) is 7.28. The van der Waals surface area contributed by atoms with E-state index in [1.807, 2.05) is 19.2 Å². The molecule has 0 aromatic carbocycles. The summed E-state index contributed by atoms with van der Waals surface area (Å²) in [5.74, 6) is 0.775. The normalized spacial score (nSPS) is 10.8. The Morgan fingerprint density at radius 3 is 3.07 bits per heavy atom. The standard InChI is InChI=1S/C9H13N5O/c1-7-4-9(15-12-7)6-14-5-8(2-3-10)11-13-14/h4-5H,2-3,6,10H2,1H3. The van der Waals surface area contributed by atoms with E-state index in [9.17, 15) is 0 Å². The van der Waals surface area contributed by atoms with Crippen molar-refractivity contribution in [3.63, 3.8) is 0 Å². The van der Waals surface area contributed by atoms with Crippen molar-refractivity contribution in [2.45, 2.75) is 19.9 Å². The van der Waals surface area contributed by atoms with Crippen LogP contribution in [0.4, 0.5) is 0 Å². The average Bonchev–Trinajstić information content (AvgIpc) is 2.78. The Balaban J connectivity index is 2.04. The molecule has 80 valence electrons. The van der Waals surface area contributed by atoms with Crippen molar-refractivity contribution in [3.05, 3.63) is 29.4 Å². The van der Waals surface area contributed by atoms with Crippen LogP contribution in [-0.4, -0.2) is 26.7 Å². The maximum absolute atomic E-state index is 5.42. The topological polar surface area (TPSA) is 82.8 Å². The van der Waals surface area contributed by atoms with Crippen molar-refractivity contribution >= 4 is 0 Å². The van der Waals surface area contributed by atoms with Gasteiger partial charge in [-0.05, 0) is 13.5 Å². The highest BCUT2D eigenvalue weighted by molar-refractivity contribution is 5.04. The lowest BCUT2D eigenvalue weighted by Gasteiger charge is -1.93. The Morgan fingerprint density at radius 2 is 2.40 bits per heavy atom. The molecule has 0 aliphatic carbocycles. The summed E-state index contributed by atoms with van der Waals surface area (Å²) in [7, 11) is 0. The van der Waals surface area contributed by atoms with E-state index in [0.717, 1.165) is 23.6 Å². The lowest BCUT2D eigenvalue weighted by molar-refractivity contribution is 0.367. The van der Waals surface area contributed by atoms with E-state index in [1.54, 1.807) is 4.68 Å². The van der Waals surface area contributed by atoms with E-state index in [4.69, 9.17) is 10.3 Å². The van der Waals surface area contributed by atoms with E-state index in [0.29, 0.717) is 13.1 Å². The van der Waals surface area contributed by atoms with Crippen LogP contribution < -0.4 is 5.73 Å². The Labute approximate surface area is 87.0 Å². The molecule has 2 rings (SSSR count). The van der Waals surface area contributed by atoms with Crippen LogP contribution in [0.3, 0.4) is 0 Å². The summed E-state index contributed by atoms with van der Waals surface area (Å²) in [6.45, 7) is 3.02. The summed E-state index contributed by atoms with van der Waals surface area (Å²) in [6, 6.07) is 1.88. The molecular formula is C9H13N5O. The van der Waals surface area contributed by atoms with Crippen LogP contribution in [0.15, 0.2) is 16.8 Å². The molecule has 2 aromatic rings. The second-order valence-electron chi connectivity index (χ2n) is 3.38. The van der Waals surface area contributed by atoms with E-state index in [-0.39, 0.29) is 0 Å². The van der Waals surface area contributed by atoms with Crippen molar-refractivity contribution in [1.29, 1.82) is 0 Å².